The first-order valence-electron chi connectivity index (χ1n) is 10.5. The third-order valence-corrected chi connectivity index (χ3v) is 5.71. The topological polar surface area (TPSA) is 77.0 Å². The first-order valence-corrected chi connectivity index (χ1v) is 11.4. The Hall–Kier alpha value is -2.16. The van der Waals surface area contributed by atoms with Gasteiger partial charge in [0.05, 0.1) is 32.6 Å². The van der Waals surface area contributed by atoms with Crippen molar-refractivity contribution in [2.45, 2.75) is 26.3 Å². The Labute approximate surface area is 182 Å². The Bertz CT molecular complexity index is 773. The Morgan fingerprint density at radius 1 is 1.30 bits per heavy atom. The molecule has 0 radical (unpaired) electrons. The summed E-state index contributed by atoms with van der Waals surface area (Å²) in [6.07, 6.45) is 2.06. The van der Waals surface area contributed by atoms with E-state index in [0.29, 0.717) is 12.5 Å². The summed E-state index contributed by atoms with van der Waals surface area (Å²) >= 11 is 1.63. The maximum absolute atomic E-state index is 5.75. The fourth-order valence-electron chi connectivity index (χ4n) is 3.09. The van der Waals surface area contributed by atoms with Gasteiger partial charge in [0.1, 0.15) is 10.8 Å². The standard InChI is InChI=1S/C22H32N4O3S/c1-3-23-22(24-10-4-11-28-14-17-9-12-29-15-17)25-13-19-16-30-21(26-19)18-5-7-20(27-2)8-6-18/h5-8,16-17H,3-4,9-15H2,1-2H3,(H2,23,24,25). The maximum atomic E-state index is 5.75. The van der Waals surface area contributed by atoms with Crippen LogP contribution >= 0.6 is 11.3 Å². The predicted octanol–water partition coefficient (Wildman–Crippen LogP) is 3.32. The number of methoxy groups -OCH3 is 1. The van der Waals surface area contributed by atoms with Crippen molar-refractivity contribution in [1.82, 2.24) is 15.6 Å². The lowest BCUT2D eigenvalue weighted by atomic mass is 10.1. The van der Waals surface area contributed by atoms with E-state index < -0.39 is 0 Å². The molecule has 0 saturated carbocycles. The van der Waals surface area contributed by atoms with Crippen LogP contribution in [0.4, 0.5) is 0 Å². The van der Waals surface area contributed by atoms with E-state index in [-0.39, 0.29) is 0 Å². The van der Waals surface area contributed by atoms with E-state index in [0.717, 1.165) is 80.3 Å². The minimum Gasteiger partial charge on any atom is -0.497 e. The zero-order valence-electron chi connectivity index (χ0n) is 17.9. The highest BCUT2D eigenvalue weighted by Crippen LogP contribution is 2.25. The molecule has 0 amide bonds. The summed E-state index contributed by atoms with van der Waals surface area (Å²) in [5.74, 6) is 2.22. The van der Waals surface area contributed by atoms with Gasteiger partial charge in [-0.2, -0.15) is 0 Å². The molecule has 1 unspecified atom stereocenters. The van der Waals surface area contributed by atoms with Gasteiger partial charge in [0.2, 0.25) is 0 Å². The van der Waals surface area contributed by atoms with Gasteiger partial charge in [-0.05, 0) is 44.0 Å². The average molecular weight is 433 g/mol. The van der Waals surface area contributed by atoms with Gasteiger partial charge in [0, 0.05) is 43.2 Å². The second-order valence-corrected chi connectivity index (χ2v) is 8.01. The molecule has 1 aromatic carbocycles. The molecule has 2 aromatic rings. The number of guanidine groups is 1. The first kappa shape index (κ1) is 22.5. The highest BCUT2D eigenvalue weighted by Gasteiger charge is 2.15. The summed E-state index contributed by atoms with van der Waals surface area (Å²) in [5, 5.41) is 9.70. The summed E-state index contributed by atoms with van der Waals surface area (Å²) in [7, 11) is 1.67. The van der Waals surface area contributed by atoms with Crippen molar-refractivity contribution < 1.29 is 14.2 Å². The molecule has 2 N–H and O–H groups in total. The number of aliphatic imine (C=N–C) groups is 1. The Balaban J connectivity index is 1.41. The number of nitrogens with one attached hydrogen (secondary N) is 2. The number of nitrogens with zero attached hydrogens (tertiary/aromatic N) is 2. The molecule has 2 heterocycles. The Morgan fingerprint density at radius 2 is 2.17 bits per heavy atom. The summed E-state index contributed by atoms with van der Waals surface area (Å²) in [6.45, 7) is 7.51. The van der Waals surface area contributed by atoms with E-state index in [1.807, 2.05) is 24.3 Å². The van der Waals surface area contributed by atoms with E-state index in [1.165, 1.54) is 0 Å². The largest absolute Gasteiger partial charge is 0.497 e. The van der Waals surface area contributed by atoms with Crippen molar-refractivity contribution >= 4 is 17.3 Å². The summed E-state index contributed by atoms with van der Waals surface area (Å²) in [6, 6.07) is 7.95. The number of ether oxygens (including phenoxy) is 3. The van der Waals surface area contributed by atoms with E-state index in [4.69, 9.17) is 19.2 Å². The molecule has 7 nitrogen and oxygen atoms in total. The van der Waals surface area contributed by atoms with Crippen LogP contribution in [0.5, 0.6) is 5.75 Å². The number of thiazole rings is 1. The molecular formula is C22H32N4O3S. The second kappa shape index (κ2) is 12.5. The fraction of sp³-hybridized carbons (Fsp3) is 0.545. The van der Waals surface area contributed by atoms with Gasteiger partial charge in [-0.3, -0.25) is 0 Å². The normalized spacial score (nSPS) is 16.6. The zero-order chi connectivity index (χ0) is 21.0. The number of hydrogen-bond donors (Lipinski definition) is 2. The summed E-state index contributed by atoms with van der Waals surface area (Å²) < 4.78 is 16.3. The second-order valence-electron chi connectivity index (χ2n) is 7.15. The molecule has 164 valence electrons. The van der Waals surface area contributed by atoms with Crippen molar-refractivity contribution in [3.63, 3.8) is 0 Å². The number of benzene rings is 1. The lowest BCUT2D eigenvalue weighted by Crippen LogP contribution is -2.38. The molecule has 1 aliphatic rings. The minimum atomic E-state index is 0.542. The minimum absolute atomic E-state index is 0.542. The van der Waals surface area contributed by atoms with Crippen LogP contribution in [0.15, 0.2) is 34.6 Å². The van der Waals surface area contributed by atoms with Crippen LogP contribution in [0.3, 0.4) is 0 Å². The fourth-order valence-corrected chi connectivity index (χ4v) is 3.91. The highest BCUT2D eigenvalue weighted by molar-refractivity contribution is 7.13. The lowest BCUT2D eigenvalue weighted by molar-refractivity contribution is 0.0888. The zero-order valence-corrected chi connectivity index (χ0v) is 18.7. The van der Waals surface area contributed by atoms with Crippen LogP contribution < -0.4 is 15.4 Å². The molecule has 0 bridgehead atoms. The molecule has 1 aromatic heterocycles. The SMILES string of the molecule is CCNC(=NCc1csc(-c2ccc(OC)cc2)n1)NCCCOCC1CCOC1. The van der Waals surface area contributed by atoms with Crippen molar-refractivity contribution in [3.05, 3.63) is 35.3 Å². The van der Waals surface area contributed by atoms with Gasteiger partial charge in [0.15, 0.2) is 5.96 Å². The highest BCUT2D eigenvalue weighted by atomic mass is 32.1. The number of rotatable bonds is 11. The van der Waals surface area contributed by atoms with Crippen molar-refractivity contribution in [1.29, 1.82) is 0 Å². The molecule has 1 aliphatic heterocycles. The van der Waals surface area contributed by atoms with E-state index in [9.17, 15) is 0 Å². The van der Waals surface area contributed by atoms with Gasteiger partial charge in [0.25, 0.3) is 0 Å². The molecular weight excluding hydrogens is 400 g/mol. The Morgan fingerprint density at radius 3 is 2.90 bits per heavy atom. The molecule has 0 aliphatic carbocycles. The monoisotopic (exact) mass is 432 g/mol. The molecule has 30 heavy (non-hydrogen) atoms. The Kier molecular flexibility index (Phi) is 9.40. The predicted molar refractivity (Wildman–Crippen MR) is 121 cm³/mol. The van der Waals surface area contributed by atoms with Crippen LogP contribution in [-0.4, -0.2) is 57.6 Å². The van der Waals surface area contributed by atoms with Crippen LogP contribution in [-0.2, 0) is 16.0 Å². The third-order valence-electron chi connectivity index (χ3n) is 4.77. The van der Waals surface area contributed by atoms with Gasteiger partial charge in [-0.1, -0.05) is 0 Å². The summed E-state index contributed by atoms with van der Waals surface area (Å²) in [4.78, 5) is 9.37. The molecule has 3 rings (SSSR count). The number of aromatic nitrogens is 1. The maximum Gasteiger partial charge on any atom is 0.191 e. The van der Waals surface area contributed by atoms with Crippen LogP contribution in [0, 0.1) is 5.92 Å². The van der Waals surface area contributed by atoms with Crippen LogP contribution in [0.1, 0.15) is 25.5 Å². The van der Waals surface area contributed by atoms with E-state index in [1.54, 1.807) is 18.4 Å². The average Bonchev–Trinajstić information content (AvgIpc) is 3.46. The van der Waals surface area contributed by atoms with Crippen molar-refractivity contribution in [3.8, 4) is 16.3 Å². The van der Waals surface area contributed by atoms with Gasteiger partial charge < -0.3 is 24.8 Å². The smallest absolute Gasteiger partial charge is 0.191 e. The van der Waals surface area contributed by atoms with Crippen LogP contribution in [0.25, 0.3) is 10.6 Å². The summed E-state index contributed by atoms with van der Waals surface area (Å²) in [5.41, 5.74) is 2.05. The van der Waals surface area contributed by atoms with Gasteiger partial charge in [-0.15, -0.1) is 11.3 Å². The van der Waals surface area contributed by atoms with Crippen molar-refractivity contribution in [2.75, 3.05) is 46.6 Å². The molecule has 8 heteroatoms. The lowest BCUT2D eigenvalue weighted by Gasteiger charge is -2.12. The molecule has 1 saturated heterocycles. The molecule has 0 spiro atoms. The van der Waals surface area contributed by atoms with Crippen LogP contribution in [0.2, 0.25) is 0 Å². The third kappa shape index (κ3) is 7.27. The number of hydrogen-bond acceptors (Lipinski definition) is 6. The molecule has 1 atom stereocenters. The van der Waals surface area contributed by atoms with Gasteiger partial charge in [-0.25, -0.2) is 9.98 Å². The van der Waals surface area contributed by atoms with E-state index >= 15 is 0 Å². The van der Waals surface area contributed by atoms with Crippen molar-refractivity contribution in [2.24, 2.45) is 10.9 Å². The van der Waals surface area contributed by atoms with E-state index in [2.05, 4.69) is 27.9 Å². The first-order chi connectivity index (χ1) is 14.8. The van der Waals surface area contributed by atoms with Gasteiger partial charge >= 0.3 is 0 Å². The molecule has 1 fully saturated rings. The quantitative estimate of drug-likeness (QED) is 0.322.